The van der Waals surface area contributed by atoms with Crippen molar-refractivity contribution in [3.63, 3.8) is 0 Å². The van der Waals surface area contributed by atoms with E-state index in [1.165, 1.54) is 0 Å². The first-order chi connectivity index (χ1) is 12.3. The lowest BCUT2D eigenvalue weighted by atomic mass is 10.2. The molecule has 2 atom stereocenters. The first-order valence-electron chi connectivity index (χ1n) is 9.48. The van der Waals surface area contributed by atoms with Crippen molar-refractivity contribution in [3.8, 4) is 0 Å². The van der Waals surface area contributed by atoms with Crippen LogP contribution in [0.5, 0.6) is 0 Å². The monoisotopic (exact) mass is 416 g/mol. The minimum Gasteiger partial charge on any atom is -0.312 e. The highest BCUT2D eigenvalue weighted by atomic mass is 31.2. The van der Waals surface area contributed by atoms with E-state index in [0.29, 0.717) is 51.8 Å². The fraction of sp³-hybridized carbons (Fsp3) is 1.00. The molecule has 0 saturated carbocycles. The predicted octanol–water partition coefficient (Wildman–Crippen LogP) is 3.47. The number of nitrogens with one attached hydrogen (secondary N) is 2. The van der Waals surface area contributed by atoms with Gasteiger partial charge in [-0.25, -0.2) is 0 Å². The van der Waals surface area contributed by atoms with Crippen LogP contribution in [-0.2, 0) is 27.2 Å². The molecule has 158 valence electrons. The van der Waals surface area contributed by atoms with E-state index >= 15 is 0 Å². The average Bonchev–Trinajstić information content (AvgIpc) is 2.55. The van der Waals surface area contributed by atoms with Crippen LogP contribution in [0, 0.1) is 0 Å². The van der Waals surface area contributed by atoms with Crippen LogP contribution in [0.15, 0.2) is 0 Å². The quantitative estimate of drug-likeness (QED) is 0.348. The van der Waals surface area contributed by atoms with Crippen LogP contribution in [0.1, 0.15) is 41.5 Å². The van der Waals surface area contributed by atoms with Crippen LogP contribution in [0.2, 0.25) is 0 Å². The number of hydrogen-bond donors (Lipinski definition) is 2. The molecule has 0 aliphatic carbocycles. The zero-order valence-corrected chi connectivity index (χ0v) is 18.9. The Morgan fingerprint density at radius 3 is 1.15 bits per heavy atom. The number of rotatable bonds is 17. The highest BCUT2D eigenvalue weighted by Crippen LogP contribution is 2.48. The van der Waals surface area contributed by atoms with E-state index < -0.39 is 15.2 Å². The standard InChI is InChI=1S/C16H38N2O6P2/c1-7-21-25(19,22-8-2)13-11-17-15(5)16(6)18-12-14-26(20,23-9-3)24-10-4/h15-18H,7-14H2,1-6H3/t15-,16?/m0/s1. The molecule has 10 heteroatoms. The largest absolute Gasteiger partial charge is 0.331 e. The van der Waals surface area contributed by atoms with Crippen molar-refractivity contribution in [1.29, 1.82) is 0 Å². The first-order valence-corrected chi connectivity index (χ1v) is 12.9. The van der Waals surface area contributed by atoms with Gasteiger partial charge in [-0.2, -0.15) is 0 Å². The normalized spacial score (nSPS) is 15.2. The van der Waals surface area contributed by atoms with Crippen molar-refractivity contribution in [1.82, 2.24) is 10.6 Å². The van der Waals surface area contributed by atoms with Crippen LogP contribution in [0.25, 0.3) is 0 Å². The molecule has 0 rings (SSSR count). The number of hydrogen-bond acceptors (Lipinski definition) is 8. The molecule has 0 amide bonds. The molecule has 0 aliphatic heterocycles. The second-order valence-corrected chi connectivity index (χ2v) is 10.2. The smallest absolute Gasteiger partial charge is 0.312 e. The van der Waals surface area contributed by atoms with Crippen molar-refractivity contribution in [2.24, 2.45) is 0 Å². The molecule has 26 heavy (non-hydrogen) atoms. The summed E-state index contributed by atoms with van der Waals surface area (Å²) in [7, 11) is -6.03. The Morgan fingerprint density at radius 2 is 0.923 bits per heavy atom. The van der Waals surface area contributed by atoms with E-state index in [1.54, 1.807) is 27.7 Å². The highest BCUT2D eigenvalue weighted by molar-refractivity contribution is 7.54. The van der Waals surface area contributed by atoms with Crippen molar-refractivity contribution < 1.29 is 27.2 Å². The van der Waals surface area contributed by atoms with Gasteiger partial charge in [0.1, 0.15) is 0 Å². The van der Waals surface area contributed by atoms with Crippen molar-refractivity contribution in [2.45, 2.75) is 53.6 Å². The van der Waals surface area contributed by atoms with Crippen molar-refractivity contribution in [2.75, 3.05) is 51.8 Å². The van der Waals surface area contributed by atoms with E-state index in [4.69, 9.17) is 18.1 Å². The summed E-state index contributed by atoms with van der Waals surface area (Å²) in [4.78, 5) is 0. The van der Waals surface area contributed by atoms with E-state index in [2.05, 4.69) is 10.6 Å². The van der Waals surface area contributed by atoms with E-state index in [-0.39, 0.29) is 12.1 Å². The zero-order chi connectivity index (χ0) is 20.1. The maximum Gasteiger partial charge on any atom is 0.331 e. The topological polar surface area (TPSA) is 95.1 Å². The van der Waals surface area contributed by atoms with Crippen LogP contribution in [0.3, 0.4) is 0 Å². The van der Waals surface area contributed by atoms with E-state index in [0.717, 1.165) is 0 Å². The molecule has 0 bridgehead atoms. The maximum atomic E-state index is 12.4. The van der Waals surface area contributed by atoms with Gasteiger partial charge in [-0.05, 0) is 41.5 Å². The zero-order valence-electron chi connectivity index (χ0n) is 17.2. The second kappa shape index (κ2) is 14.3. The van der Waals surface area contributed by atoms with Gasteiger partial charge in [0, 0.05) is 25.2 Å². The molecule has 0 aromatic rings. The van der Waals surface area contributed by atoms with Crippen LogP contribution >= 0.6 is 15.2 Å². The summed E-state index contributed by atoms with van der Waals surface area (Å²) in [5.41, 5.74) is 0. The minimum absolute atomic E-state index is 0.130. The van der Waals surface area contributed by atoms with Gasteiger partial charge in [0.05, 0.1) is 38.8 Å². The van der Waals surface area contributed by atoms with Gasteiger partial charge in [0.15, 0.2) is 0 Å². The van der Waals surface area contributed by atoms with Crippen LogP contribution < -0.4 is 10.6 Å². The minimum atomic E-state index is -3.02. The lowest BCUT2D eigenvalue weighted by molar-refractivity contribution is 0.218. The Balaban J connectivity index is 4.25. The molecule has 0 aromatic carbocycles. The Bertz CT molecular complexity index is 392. The van der Waals surface area contributed by atoms with Gasteiger partial charge < -0.3 is 28.7 Å². The molecule has 0 spiro atoms. The Morgan fingerprint density at radius 1 is 0.654 bits per heavy atom. The molecule has 0 aromatic heterocycles. The average molecular weight is 416 g/mol. The summed E-state index contributed by atoms with van der Waals surface area (Å²) in [5.74, 6) is 0. The molecule has 0 radical (unpaired) electrons. The lowest BCUT2D eigenvalue weighted by Crippen LogP contribution is -2.46. The summed E-state index contributed by atoms with van der Waals surface area (Å²) in [6.45, 7) is 13.8. The predicted molar refractivity (Wildman–Crippen MR) is 106 cm³/mol. The fourth-order valence-electron chi connectivity index (χ4n) is 2.33. The Labute approximate surface area is 159 Å². The molecular formula is C16H38N2O6P2. The summed E-state index contributed by atoms with van der Waals surface area (Å²) in [6.07, 6.45) is 0.658. The van der Waals surface area contributed by atoms with Crippen molar-refractivity contribution in [3.05, 3.63) is 0 Å². The van der Waals surface area contributed by atoms with Crippen molar-refractivity contribution >= 4 is 15.2 Å². The second-order valence-electron chi connectivity index (χ2n) is 5.83. The molecule has 1 unspecified atom stereocenters. The molecule has 0 fully saturated rings. The summed E-state index contributed by atoms with van der Waals surface area (Å²) in [5, 5.41) is 6.65. The molecular weight excluding hydrogens is 378 g/mol. The SMILES string of the molecule is CCOP(=O)(CCNC(C)[C@H](C)NCCP(=O)(OCC)OCC)OCC. The van der Waals surface area contributed by atoms with Gasteiger partial charge in [0.25, 0.3) is 0 Å². The maximum absolute atomic E-state index is 12.4. The Hall–Kier alpha value is 0.220. The third-order valence-corrected chi connectivity index (χ3v) is 7.91. The van der Waals surface area contributed by atoms with Gasteiger partial charge in [0.2, 0.25) is 0 Å². The molecule has 0 heterocycles. The summed E-state index contributed by atoms with van der Waals surface area (Å²) < 4.78 is 45.9. The van der Waals surface area contributed by atoms with Crippen LogP contribution in [-0.4, -0.2) is 63.9 Å². The summed E-state index contributed by atoms with van der Waals surface area (Å²) in [6, 6.07) is 0.260. The Kier molecular flexibility index (Phi) is 14.4. The third-order valence-electron chi connectivity index (χ3n) is 3.76. The van der Waals surface area contributed by atoms with Gasteiger partial charge in [-0.1, -0.05) is 0 Å². The van der Waals surface area contributed by atoms with E-state index in [9.17, 15) is 9.13 Å². The lowest BCUT2D eigenvalue weighted by Gasteiger charge is -2.25. The molecule has 0 aliphatic rings. The fourth-order valence-corrected chi connectivity index (χ4v) is 5.38. The molecule has 8 nitrogen and oxygen atoms in total. The molecule has 2 N–H and O–H groups in total. The summed E-state index contributed by atoms with van der Waals surface area (Å²) >= 11 is 0. The third kappa shape index (κ3) is 11.2. The van der Waals surface area contributed by atoms with Gasteiger partial charge in [-0.15, -0.1) is 0 Å². The van der Waals surface area contributed by atoms with Gasteiger partial charge >= 0.3 is 15.2 Å². The van der Waals surface area contributed by atoms with Gasteiger partial charge in [-0.3, -0.25) is 9.13 Å². The highest BCUT2D eigenvalue weighted by Gasteiger charge is 2.25. The van der Waals surface area contributed by atoms with E-state index in [1.807, 2.05) is 13.8 Å². The first kappa shape index (κ1) is 26.2. The van der Waals surface area contributed by atoms with Crippen LogP contribution in [0.4, 0.5) is 0 Å². The molecule has 0 saturated heterocycles.